The molecule has 0 amide bonds. The number of piperidine rings is 1. The van der Waals surface area contributed by atoms with E-state index in [1.165, 1.54) is 32.4 Å². The summed E-state index contributed by atoms with van der Waals surface area (Å²) in [4.78, 5) is 0. The highest BCUT2D eigenvalue weighted by Gasteiger charge is 2.04. The molecule has 1 rings (SSSR count). The summed E-state index contributed by atoms with van der Waals surface area (Å²) in [7, 11) is 0. The molecule has 0 unspecified atom stereocenters. The standard InChI is InChI=1S/C6H13N.C3H8.CH4/c1-6-2-4-7-5-3-6;1-3-2;/h6-7H,2-5H2,1H3;3H2,1-2H3;1H4. The third-order valence-electron chi connectivity index (χ3n) is 1.63. The largest absolute Gasteiger partial charge is 0.317 e. The summed E-state index contributed by atoms with van der Waals surface area (Å²) < 4.78 is 0. The minimum absolute atomic E-state index is 0. The fraction of sp³-hybridized carbons (Fsp3) is 1.00. The molecule has 0 spiro atoms. The molecule has 0 radical (unpaired) electrons. The molecule has 0 aromatic rings. The molecule has 0 atom stereocenters. The Bertz CT molecular complexity index is 55.9. The molecule has 70 valence electrons. The average Bonchev–Trinajstić information content (AvgIpc) is 1.91. The van der Waals surface area contributed by atoms with Crippen molar-refractivity contribution in [3.63, 3.8) is 0 Å². The van der Waals surface area contributed by atoms with Gasteiger partial charge >= 0.3 is 0 Å². The molecular weight excluding hydrogens is 134 g/mol. The molecule has 1 aliphatic heterocycles. The van der Waals surface area contributed by atoms with E-state index in [0.29, 0.717) is 0 Å². The van der Waals surface area contributed by atoms with E-state index in [1.54, 1.807) is 0 Å². The van der Waals surface area contributed by atoms with Crippen LogP contribution >= 0.6 is 0 Å². The molecule has 1 aliphatic rings. The molecule has 0 bridgehead atoms. The zero-order valence-corrected chi connectivity index (χ0v) is 7.61. The molecule has 11 heavy (non-hydrogen) atoms. The minimum atomic E-state index is 0. The first-order chi connectivity index (χ1) is 4.81. The Labute approximate surface area is 72.6 Å². The third kappa shape index (κ3) is 9.96. The lowest BCUT2D eigenvalue weighted by Crippen LogP contribution is -2.26. The van der Waals surface area contributed by atoms with Crippen LogP contribution in [0.4, 0.5) is 0 Å². The molecule has 0 saturated carbocycles. The summed E-state index contributed by atoms with van der Waals surface area (Å²) in [5, 5.41) is 3.32. The predicted octanol–water partition coefficient (Wildman–Crippen LogP) is 3.06. The van der Waals surface area contributed by atoms with Crippen molar-refractivity contribution in [1.82, 2.24) is 5.32 Å². The second-order valence-corrected chi connectivity index (χ2v) is 3.14. The molecule has 0 aliphatic carbocycles. The van der Waals surface area contributed by atoms with Crippen LogP contribution in [-0.4, -0.2) is 13.1 Å². The first-order valence-corrected chi connectivity index (χ1v) is 4.52. The predicted molar refractivity (Wildman–Crippen MR) is 54.0 cm³/mol. The summed E-state index contributed by atoms with van der Waals surface area (Å²) >= 11 is 0. The second-order valence-electron chi connectivity index (χ2n) is 3.14. The van der Waals surface area contributed by atoms with E-state index < -0.39 is 0 Å². The normalized spacial score (nSPS) is 17.7. The van der Waals surface area contributed by atoms with Crippen LogP contribution in [0.1, 0.15) is 47.5 Å². The van der Waals surface area contributed by atoms with Crippen molar-refractivity contribution in [2.75, 3.05) is 13.1 Å². The lowest BCUT2D eigenvalue weighted by molar-refractivity contribution is 0.402. The Morgan fingerprint density at radius 3 is 1.73 bits per heavy atom. The van der Waals surface area contributed by atoms with Crippen molar-refractivity contribution in [3.8, 4) is 0 Å². The van der Waals surface area contributed by atoms with E-state index in [4.69, 9.17) is 0 Å². The molecule has 1 fully saturated rings. The Balaban J connectivity index is 0. The fourth-order valence-electron chi connectivity index (χ4n) is 0.966. The maximum absolute atomic E-state index is 3.32. The van der Waals surface area contributed by atoms with Gasteiger partial charge in [-0.25, -0.2) is 0 Å². The zero-order chi connectivity index (χ0) is 7.82. The average molecular weight is 159 g/mol. The Morgan fingerprint density at radius 1 is 1.18 bits per heavy atom. The van der Waals surface area contributed by atoms with E-state index in [1.807, 2.05) is 0 Å². The van der Waals surface area contributed by atoms with Crippen LogP contribution in [0.15, 0.2) is 0 Å². The first-order valence-electron chi connectivity index (χ1n) is 4.52. The van der Waals surface area contributed by atoms with Gasteiger partial charge in [0.25, 0.3) is 0 Å². The highest BCUT2D eigenvalue weighted by molar-refractivity contribution is 4.62. The minimum Gasteiger partial charge on any atom is -0.317 e. The van der Waals surface area contributed by atoms with E-state index >= 15 is 0 Å². The lowest BCUT2D eigenvalue weighted by atomic mass is 10.0. The summed E-state index contributed by atoms with van der Waals surface area (Å²) in [6, 6.07) is 0. The molecule has 1 nitrogen and oxygen atoms in total. The molecule has 0 aromatic carbocycles. The number of rotatable bonds is 0. The summed E-state index contributed by atoms with van der Waals surface area (Å²) in [6.07, 6.45) is 4.00. The maximum atomic E-state index is 3.32. The number of nitrogens with one attached hydrogen (secondary N) is 1. The van der Waals surface area contributed by atoms with Gasteiger partial charge in [0.1, 0.15) is 0 Å². The van der Waals surface area contributed by atoms with Gasteiger partial charge in [0.2, 0.25) is 0 Å². The van der Waals surface area contributed by atoms with Crippen LogP contribution in [0.5, 0.6) is 0 Å². The van der Waals surface area contributed by atoms with Crippen LogP contribution in [-0.2, 0) is 0 Å². The van der Waals surface area contributed by atoms with E-state index in [-0.39, 0.29) is 7.43 Å². The highest BCUT2D eigenvalue weighted by Crippen LogP contribution is 2.08. The van der Waals surface area contributed by atoms with Gasteiger partial charge in [-0.15, -0.1) is 0 Å². The van der Waals surface area contributed by atoms with Gasteiger partial charge in [0.15, 0.2) is 0 Å². The fourth-order valence-corrected chi connectivity index (χ4v) is 0.966. The smallest absolute Gasteiger partial charge is 0.00464 e. The summed E-state index contributed by atoms with van der Waals surface area (Å²) in [6.45, 7) is 9.04. The van der Waals surface area contributed by atoms with Gasteiger partial charge in [-0.05, 0) is 31.8 Å². The van der Waals surface area contributed by atoms with Gasteiger partial charge in [0.05, 0.1) is 0 Å². The molecule has 0 aromatic heterocycles. The van der Waals surface area contributed by atoms with Crippen molar-refractivity contribution in [1.29, 1.82) is 0 Å². The van der Waals surface area contributed by atoms with Crippen LogP contribution in [0.3, 0.4) is 0 Å². The molecule has 1 N–H and O–H groups in total. The maximum Gasteiger partial charge on any atom is -0.00464 e. The van der Waals surface area contributed by atoms with Crippen LogP contribution in [0, 0.1) is 5.92 Å². The van der Waals surface area contributed by atoms with Gasteiger partial charge < -0.3 is 5.32 Å². The summed E-state index contributed by atoms with van der Waals surface area (Å²) in [5.41, 5.74) is 0. The molecule has 1 heterocycles. The van der Waals surface area contributed by atoms with Crippen molar-refractivity contribution >= 4 is 0 Å². The van der Waals surface area contributed by atoms with E-state index in [2.05, 4.69) is 26.1 Å². The lowest BCUT2D eigenvalue weighted by Gasteiger charge is -2.17. The topological polar surface area (TPSA) is 12.0 Å². The van der Waals surface area contributed by atoms with E-state index in [9.17, 15) is 0 Å². The Kier molecular flexibility index (Phi) is 12.3. The van der Waals surface area contributed by atoms with Gasteiger partial charge in [-0.3, -0.25) is 0 Å². The highest BCUT2D eigenvalue weighted by atomic mass is 14.9. The van der Waals surface area contributed by atoms with Gasteiger partial charge in [-0.1, -0.05) is 34.6 Å². The monoisotopic (exact) mass is 159 g/mol. The number of hydrogen-bond donors (Lipinski definition) is 1. The molecule has 1 heteroatoms. The van der Waals surface area contributed by atoms with Crippen molar-refractivity contribution in [2.24, 2.45) is 5.92 Å². The van der Waals surface area contributed by atoms with Crippen molar-refractivity contribution < 1.29 is 0 Å². The SMILES string of the molecule is C.CC1CCNCC1.CCC. The first kappa shape index (κ1) is 13.5. The van der Waals surface area contributed by atoms with Gasteiger partial charge in [-0.2, -0.15) is 0 Å². The Morgan fingerprint density at radius 2 is 1.55 bits per heavy atom. The number of hydrogen-bond acceptors (Lipinski definition) is 1. The van der Waals surface area contributed by atoms with Crippen LogP contribution in [0.2, 0.25) is 0 Å². The van der Waals surface area contributed by atoms with Crippen molar-refractivity contribution in [2.45, 2.75) is 47.5 Å². The van der Waals surface area contributed by atoms with Crippen molar-refractivity contribution in [3.05, 3.63) is 0 Å². The quantitative estimate of drug-likeness (QED) is 0.573. The third-order valence-corrected chi connectivity index (χ3v) is 1.63. The zero-order valence-electron chi connectivity index (χ0n) is 7.61. The molecular formula is C10H25N. The van der Waals surface area contributed by atoms with Crippen LogP contribution < -0.4 is 5.32 Å². The van der Waals surface area contributed by atoms with E-state index in [0.717, 1.165) is 5.92 Å². The van der Waals surface area contributed by atoms with Gasteiger partial charge in [0, 0.05) is 0 Å². The second kappa shape index (κ2) is 9.96. The summed E-state index contributed by atoms with van der Waals surface area (Å²) in [5.74, 6) is 0.973. The van der Waals surface area contributed by atoms with Crippen LogP contribution in [0.25, 0.3) is 0 Å². The Hall–Kier alpha value is -0.0400. The molecule has 1 saturated heterocycles.